The molecule has 1 atom stereocenters. The molecular formula is C15H22N2O3. The second-order valence-electron chi connectivity index (χ2n) is 5.17. The number of nitrogens with zero attached hydrogens (tertiary/aromatic N) is 1. The quantitative estimate of drug-likeness (QED) is 0.853. The lowest BCUT2D eigenvalue weighted by Crippen LogP contribution is -2.41. The smallest absolute Gasteiger partial charge is 0.254 e. The summed E-state index contributed by atoms with van der Waals surface area (Å²) < 4.78 is 10.4. The minimum absolute atomic E-state index is 0.0316. The molecule has 2 rings (SSSR count). The number of carbonyl (C=O) groups excluding carboxylic acids is 1. The van der Waals surface area contributed by atoms with Gasteiger partial charge in [0.15, 0.2) is 0 Å². The van der Waals surface area contributed by atoms with E-state index in [4.69, 9.17) is 15.2 Å². The summed E-state index contributed by atoms with van der Waals surface area (Å²) in [6.45, 7) is 2.25. The topological polar surface area (TPSA) is 64.8 Å². The molecule has 0 aliphatic carbocycles. The Labute approximate surface area is 119 Å². The van der Waals surface area contributed by atoms with Crippen LogP contribution in [-0.4, -0.2) is 44.7 Å². The molecule has 20 heavy (non-hydrogen) atoms. The zero-order valence-corrected chi connectivity index (χ0v) is 12.1. The molecule has 5 nitrogen and oxygen atoms in total. The van der Waals surface area contributed by atoms with Gasteiger partial charge in [0.25, 0.3) is 5.91 Å². The fourth-order valence-electron chi connectivity index (χ4n) is 2.65. The third-order valence-electron chi connectivity index (χ3n) is 3.69. The lowest BCUT2D eigenvalue weighted by Gasteiger charge is -2.32. The second kappa shape index (κ2) is 6.61. The van der Waals surface area contributed by atoms with E-state index in [0.29, 0.717) is 29.5 Å². The van der Waals surface area contributed by atoms with E-state index < -0.39 is 0 Å². The van der Waals surface area contributed by atoms with E-state index in [1.807, 2.05) is 4.90 Å². The molecule has 1 heterocycles. The highest BCUT2D eigenvalue weighted by Gasteiger charge is 2.24. The molecular weight excluding hydrogens is 256 g/mol. The van der Waals surface area contributed by atoms with Crippen LogP contribution in [0.4, 0.5) is 5.69 Å². The van der Waals surface area contributed by atoms with E-state index in [1.54, 1.807) is 32.4 Å². The van der Waals surface area contributed by atoms with Gasteiger partial charge in [-0.2, -0.15) is 0 Å². The minimum Gasteiger partial charge on any atom is -0.495 e. The number of amides is 1. The summed E-state index contributed by atoms with van der Waals surface area (Å²) in [5.74, 6) is 0.999. The molecule has 1 aliphatic heterocycles. The van der Waals surface area contributed by atoms with Crippen molar-refractivity contribution in [1.29, 1.82) is 0 Å². The molecule has 1 fully saturated rings. The zero-order valence-electron chi connectivity index (χ0n) is 12.1. The highest BCUT2D eigenvalue weighted by molar-refractivity contribution is 5.95. The Balaban J connectivity index is 2.10. The molecule has 1 aliphatic rings. The molecule has 0 saturated carbocycles. The van der Waals surface area contributed by atoms with E-state index in [9.17, 15) is 4.79 Å². The van der Waals surface area contributed by atoms with Crippen molar-refractivity contribution in [3.8, 4) is 5.75 Å². The first-order chi connectivity index (χ1) is 9.65. The first kappa shape index (κ1) is 14.7. The van der Waals surface area contributed by atoms with Gasteiger partial charge in [-0.15, -0.1) is 0 Å². The van der Waals surface area contributed by atoms with Gasteiger partial charge < -0.3 is 20.1 Å². The second-order valence-corrected chi connectivity index (χ2v) is 5.17. The highest BCUT2D eigenvalue weighted by Crippen LogP contribution is 2.24. The van der Waals surface area contributed by atoms with Crippen LogP contribution < -0.4 is 10.5 Å². The number of nitrogen functional groups attached to an aromatic ring is 1. The van der Waals surface area contributed by atoms with Gasteiger partial charge in [-0.1, -0.05) is 0 Å². The maximum atomic E-state index is 12.5. The molecule has 0 radical (unpaired) electrons. The van der Waals surface area contributed by atoms with Crippen molar-refractivity contribution < 1.29 is 14.3 Å². The summed E-state index contributed by atoms with van der Waals surface area (Å²) in [6, 6.07) is 5.17. The summed E-state index contributed by atoms with van der Waals surface area (Å²) in [5.41, 5.74) is 6.93. The molecule has 1 amide bonds. The number of methoxy groups -OCH3 is 2. The molecule has 1 unspecified atom stereocenters. The van der Waals surface area contributed by atoms with Crippen LogP contribution in [0.5, 0.6) is 5.75 Å². The van der Waals surface area contributed by atoms with Crippen LogP contribution in [0.1, 0.15) is 23.2 Å². The van der Waals surface area contributed by atoms with E-state index in [1.165, 1.54) is 0 Å². The first-order valence-corrected chi connectivity index (χ1v) is 6.87. The Kier molecular flexibility index (Phi) is 4.84. The fourth-order valence-corrected chi connectivity index (χ4v) is 2.65. The van der Waals surface area contributed by atoms with Gasteiger partial charge in [0.1, 0.15) is 5.75 Å². The lowest BCUT2D eigenvalue weighted by molar-refractivity contribution is 0.0570. The standard InChI is InChI=1S/C15H22N2O3/c1-19-10-11-4-3-7-17(9-11)15(18)12-5-6-13(16)14(8-12)20-2/h5-6,8,11H,3-4,7,9-10,16H2,1-2H3. The molecule has 5 heteroatoms. The third kappa shape index (κ3) is 3.22. The predicted molar refractivity (Wildman–Crippen MR) is 77.9 cm³/mol. The van der Waals surface area contributed by atoms with Crippen LogP contribution in [-0.2, 0) is 4.74 Å². The van der Waals surface area contributed by atoms with Crippen LogP contribution in [0.3, 0.4) is 0 Å². The molecule has 1 saturated heterocycles. The Morgan fingerprint density at radius 2 is 2.25 bits per heavy atom. The summed E-state index contributed by atoms with van der Waals surface area (Å²) >= 11 is 0. The van der Waals surface area contributed by atoms with Crippen molar-refractivity contribution in [2.24, 2.45) is 5.92 Å². The van der Waals surface area contributed by atoms with Gasteiger partial charge >= 0.3 is 0 Å². The number of likely N-dealkylation sites (tertiary alicyclic amines) is 1. The summed E-state index contributed by atoms with van der Waals surface area (Å²) in [4.78, 5) is 14.4. The van der Waals surface area contributed by atoms with Gasteiger partial charge in [0.05, 0.1) is 19.4 Å². The van der Waals surface area contributed by atoms with Crippen molar-refractivity contribution >= 4 is 11.6 Å². The molecule has 0 aromatic heterocycles. The third-order valence-corrected chi connectivity index (χ3v) is 3.69. The monoisotopic (exact) mass is 278 g/mol. The van der Waals surface area contributed by atoms with Gasteiger partial charge in [-0.05, 0) is 37.0 Å². The van der Waals surface area contributed by atoms with Crippen molar-refractivity contribution in [3.63, 3.8) is 0 Å². The van der Waals surface area contributed by atoms with Gasteiger partial charge in [-0.3, -0.25) is 4.79 Å². The maximum Gasteiger partial charge on any atom is 0.254 e. The zero-order chi connectivity index (χ0) is 14.5. The van der Waals surface area contributed by atoms with E-state index in [-0.39, 0.29) is 5.91 Å². The molecule has 1 aromatic rings. The SMILES string of the molecule is COCC1CCCN(C(=O)c2ccc(N)c(OC)c2)C1. The number of ether oxygens (including phenoxy) is 2. The Bertz CT molecular complexity index is 474. The molecule has 1 aromatic carbocycles. The highest BCUT2D eigenvalue weighted by atomic mass is 16.5. The van der Waals surface area contributed by atoms with Crippen molar-refractivity contribution in [3.05, 3.63) is 23.8 Å². The number of nitrogens with two attached hydrogens (primary N) is 1. The minimum atomic E-state index is 0.0316. The molecule has 2 N–H and O–H groups in total. The van der Waals surface area contributed by atoms with Gasteiger partial charge in [0.2, 0.25) is 0 Å². The summed E-state index contributed by atoms with van der Waals surface area (Å²) in [6.07, 6.45) is 2.13. The number of hydrogen-bond acceptors (Lipinski definition) is 4. The van der Waals surface area contributed by atoms with Crippen LogP contribution in [0.15, 0.2) is 18.2 Å². The Morgan fingerprint density at radius 1 is 1.45 bits per heavy atom. The fraction of sp³-hybridized carbons (Fsp3) is 0.533. The van der Waals surface area contributed by atoms with Crippen molar-refractivity contribution in [2.75, 3.05) is 39.6 Å². The molecule has 0 spiro atoms. The number of hydrogen-bond donors (Lipinski definition) is 1. The van der Waals surface area contributed by atoms with Crippen molar-refractivity contribution in [1.82, 2.24) is 4.90 Å². The van der Waals surface area contributed by atoms with Crippen LogP contribution in [0, 0.1) is 5.92 Å². The van der Waals surface area contributed by atoms with Crippen LogP contribution in [0.25, 0.3) is 0 Å². The number of anilines is 1. The van der Waals surface area contributed by atoms with Gasteiger partial charge in [0, 0.05) is 25.8 Å². The summed E-state index contributed by atoms with van der Waals surface area (Å²) in [5, 5.41) is 0. The summed E-state index contributed by atoms with van der Waals surface area (Å²) in [7, 11) is 3.25. The Morgan fingerprint density at radius 3 is 2.95 bits per heavy atom. The van der Waals surface area contributed by atoms with Gasteiger partial charge in [-0.25, -0.2) is 0 Å². The van der Waals surface area contributed by atoms with Crippen molar-refractivity contribution in [2.45, 2.75) is 12.8 Å². The van der Waals surface area contributed by atoms with Crippen LogP contribution >= 0.6 is 0 Å². The van der Waals surface area contributed by atoms with E-state index >= 15 is 0 Å². The number of piperidine rings is 1. The maximum absolute atomic E-state index is 12.5. The molecule has 0 bridgehead atoms. The number of carbonyl (C=O) groups is 1. The molecule has 110 valence electrons. The lowest BCUT2D eigenvalue weighted by atomic mass is 9.98. The number of benzene rings is 1. The van der Waals surface area contributed by atoms with Crippen LogP contribution in [0.2, 0.25) is 0 Å². The normalized spacial score (nSPS) is 18.9. The Hall–Kier alpha value is -1.75. The average Bonchev–Trinajstić information content (AvgIpc) is 2.48. The largest absolute Gasteiger partial charge is 0.495 e. The first-order valence-electron chi connectivity index (χ1n) is 6.87. The van der Waals surface area contributed by atoms with E-state index in [2.05, 4.69) is 0 Å². The number of rotatable bonds is 4. The predicted octanol–water partition coefficient (Wildman–Crippen LogP) is 1.78. The average molecular weight is 278 g/mol. The van der Waals surface area contributed by atoms with E-state index in [0.717, 1.165) is 25.9 Å².